The van der Waals surface area contributed by atoms with E-state index in [0.717, 1.165) is 24.8 Å². The molecule has 0 bridgehead atoms. The second kappa shape index (κ2) is 7.56. The van der Waals surface area contributed by atoms with E-state index in [2.05, 4.69) is 6.07 Å². The summed E-state index contributed by atoms with van der Waals surface area (Å²) in [5, 5.41) is 11.6. The number of benzene rings is 2. The van der Waals surface area contributed by atoms with Crippen molar-refractivity contribution in [1.29, 1.82) is 0 Å². The number of methoxy groups -OCH3 is 1. The number of ether oxygens (including phenoxy) is 1. The minimum atomic E-state index is -3.68. The topological polar surface area (TPSA) is 89.8 Å². The van der Waals surface area contributed by atoms with Crippen molar-refractivity contribution < 1.29 is 18.1 Å². The summed E-state index contributed by atoms with van der Waals surface area (Å²) in [6.07, 6.45) is 2.65. The number of rotatable bonds is 5. The number of sulfone groups is 1. The summed E-state index contributed by atoms with van der Waals surface area (Å²) < 4.78 is 29.2. The normalized spacial score (nSPS) is 15.6. The Morgan fingerprint density at radius 2 is 1.81 bits per heavy atom. The monoisotopic (exact) mass is 390 g/mol. The SMILES string of the molecule is COc1cccc(C2CCN(c3cccc(S(C)(=O)=O)c3[N+](=O)[O-])CC2)c1. The molecule has 0 unspecified atom stereocenters. The average molecular weight is 390 g/mol. The summed E-state index contributed by atoms with van der Waals surface area (Å²) in [5.41, 5.74) is 1.22. The zero-order valence-corrected chi connectivity index (χ0v) is 16.1. The molecule has 1 saturated heterocycles. The van der Waals surface area contributed by atoms with Gasteiger partial charge in [0.1, 0.15) is 16.3 Å². The molecule has 7 nitrogen and oxygen atoms in total. The van der Waals surface area contributed by atoms with Crippen molar-refractivity contribution in [3.8, 4) is 5.75 Å². The summed E-state index contributed by atoms with van der Waals surface area (Å²) in [7, 11) is -2.05. The number of para-hydroxylation sites is 1. The summed E-state index contributed by atoms with van der Waals surface area (Å²) in [4.78, 5) is 12.7. The van der Waals surface area contributed by atoms with Crippen molar-refractivity contribution in [2.24, 2.45) is 0 Å². The molecule has 1 aliphatic heterocycles. The van der Waals surface area contributed by atoms with Crippen LogP contribution < -0.4 is 9.64 Å². The van der Waals surface area contributed by atoms with E-state index in [9.17, 15) is 18.5 Å². The van der Waals surface area contributed by atoms with E-state index in [1.807, 2.05) is 23.1 Å². The highest BCUT2D eigenvalue weighted by atomic mass is 32.2. The molecule has 0 aromatic heterocycles. The fraction of sp³-hybridized carbons (Fsp3) is 0.368. The first kappa shape index (κ1) is 19.2. The Balaban J connectivity index is 1.85. The van der Waals surface area contributed by atoms with Crippen LogP contribution in [0.1, 0.15) is 24.3 Å². The van der Waals surface area contributed by atoms with Crippen molar-refractivity contribution in [3.05, 3.63) is 58.1 Å². The summed E-state index contributed by atoms with van der Waals surface area (Å²) >= 11 is 0. The number of nitro benzene ring substituents is 1. The van der Waals surface area contributed by atoms with E-state index in [1.165, 1.54) is 11.6 Å². The molecule has 0 spiro atoms. The van der Waals surface area contributed by atoms with Gasteiger partial charge in [0, 0.05) is 19.3 Å². The number of anilines is 1. The first-order valence-electron chi connectivity index (χ1n) is 8.67. The molecule has 8 heteroatoms. The highest BCUT2D eigenvalue weighted by molar-refractivity contribution is 7.90. The summed E-state index contributed by atoms with van der Waals surface area (Å²) in [6, 6.07) is 12.4. The smallest absolute Gasteiger partial charge is 0.311 e. The number of piperidine rings is 1. The molecule has 0 amide bonds. The van der Waals surface area contributed by atoms with E-state index in [0.29, 0.717) is 24.7 Å². The third-order valence-corrected chi connectivity index (χ3v) is 6.09. The molecule has 0 N–H and O–H groups in total. The minimum Gasteiger partial charge on any atom is -0.497 e. The van der Waals surface area contributed by atoms with Gasteiger partial charge in [-0.1, -0.05) is 18.2 Å². The number of nitrogens with zero attached hydrogens (tertiary/aromatic N) is 2. The van der Waals surface area contributed by atoms with Crippen LogP contribution in [0.3, 0.4) is 0 Å². The van der Waals surface area contributed by atoms with Gasteiger partial charge in [0.25, 0.3) is 0 Å². The fourth-order valence-electron chi connectivity index (χ4n) is 3.60. The molecule has 27 heavy (non-hydrogen) atoms. The maximum atomic E-state index is 12.0. The first-order chi connectivity index (χ1) is 12.8. The van der Waals surface area contributed by atoms with E-state index in [-0.39, 0.29) is 10.6 Å². The molecular formula is C19H22N2O5S. The van der Waals surface area contributed by atoms with Crippen LogP contribution in [-0.2, 0) is 9.84 Å². The lowest BCUT2D eigenvalue weighted by atomic mass is 9.89. The third kappa shape index (κ3) is 4.05. The van der Waals surface area contributed by atoms with E-state index in [4.69, 9.17) is 4.74 Å². The van der Waals surface area contributed by atoms with Gasteiger partial charge in [-0.15, -0.1) is 0 Å². The molecule has 0 radical (unpaired) electrons. The Bertz CT molecular complexity index is 950. The molecule has 0 atom stereocenters. The van der Waals surface area contributed by atoms with E-state index >= 15 is 0 Å². The Labute approximate surface area is 158 Å². The molecular weight excluding hydrogens is 368 g/mol. The quantitative estimate of drug-likeness (QED) is 0.574. The maximum Gasteiger partial charge on any atom is 0.311 e. The second-order valence-electron chi connectivity index (χ2n) is 6.69. The highest BCUT2D eigenvalue weighted by Gasteiger charge is 2.31. The van der Waals surface area contributed by atoms with Gasteiger partial charge in [0.2, 0.25) is 0 Å². The summed E-state index contributed by atoms with van der Waals surface area (Å²) in [6.45, 7) is 1.24. The van der Waals surface area contributed by atoms with Crippen molar-refractivity contribution in [2.45, 2.75) is 23.7 Å². The van der Waals surface area contributed by atoms with Crippen molar-refractivity contribution in [1.82, 2.24) is 0 Å². The fourth-order valence-corrected chi connectivity index (χ4v) is 4.45. The van der Waals surface area contributed by atoms with Crippen LogP contribution in [-0.4, -0.2) is 39.8 Å². The van der Waals surface area contributed by atoms with Crippen LogP contribution >= 0.6 is 0 Å². The van der Waals surface area contributed by atoms with Crippen LogP contribution in [0, 0.1) is 10.1 Å². The molecule has 1 aliphatic rings. The Morgan fingerprint density at radius 3 is 2.41 bits per heavy atom. The lowest BCUT2D eigenvalue weighted by molar-refractivity contribution is -0.387. The standard InChI is InChI=1S/C19H22N2O5S/c1-26-16-6-3-5-15(13-16)14-9-11-20(12-10-14)17-7-4-8-18(27(2,24)25)19(17)21(22)23/h3-8,13-14H,9-12H2,1-2H3. The number of nitro groups is 1. The predicted molar refractivity (Wildman–Crippen MR) is 103 cm³/mol. The predicted octanol–water partition coefficient (Wildman–Crippen LogP) is 3.39. The van der Waals surface area contributed by atoms with Gasteiger partial charge in [0.15, 0.2) is 9.84 Å². The zero-order valence-electron chi connectivity index (χ0n) is 15.3. The molecule has 2 aromatic rings. The van der Waals surface area contributed by atoms with Gasteiger partial charge in [-0.25, -0.2) is 8.42 Å². The van der Waals surface area contributed by atoms with E-state index in [1.54, 1.807) is 19.2 Å². The van der Waals surface area contributed by atoms with Gasteiger partial charge < -0.3 is 9.64 Å². The molecule has 1 fully saturated rings. The van der Waals surface area contributed by atoms with E-state index < -0.39 is 14.8 Å². The van der Waals surface area contributed by atoms with Gasteiger partial charge in [0.05, 0.1) is 12.0 Å². The second-order valence-corrected chi connectivity index (χ2v) is 8.68. The minimum absolute atomic E-state index is 0.236. The molecule has 144 valence electrons. The van der Waals surface area contributed by atoms with Crippen LogP contribution in [0.15, 0.2) is 47.4 Å². The van der Waals surface area contributed by atoms with Gasteiger partial charge in [-0.2, -0.15) is 0 Å². The van der Waals surface area contributed by atoms with Gasteiger partial charge in [-0.05, 0) is 48.6 Å². The van der Waals surface area contributed by atoms with Gasteiger partial charge >= 0.3 is 5.69 Å². The zero-order chi connectivity index (χ0) is 19.6. The van der Waals surface area contributed by atoms with Crippen molar-refractivity contribution >= 4 is 21.2 Å². The Kier molecular flexibility index (Phi) is 5.36. The molecule has 2 aromatic carbocycles. The van der Waals surface area contributed by atoms with Crippen LogP contribution in [0.2, 0.25) is 0 Å². The Morgan fingerprint density at radius 1 is 1.15 bits per heavy atom. The lowest BCUT2D eigenvalue weighted by Gasteiger charge is -2.33. The average Bonchev–Trinajstić information content (AvgIpc) is 2.67. The molecule has 0 aliphatic carbocycles. The third-order valence-electron chi connectivity index (χ3n) is 4.96. The number of hydrogen-bond donors (Lipinski definition) is 0. The van der Waals surface area contributed by atoms with Crippen molar-refractivity contribution in [3.63, 3.8) is 0 Å². The highest BCUT2D eigenvalue weighted by Crippen LogP contribution is 2.38. The van der Waals surface area contributed by atoms with Crippen molar-refractivity contribution in [2.75, 3.05) is 31.4 Å². The van der Waals surface area contributed by atoms with Crippen LogP contribution in [0.25, 0.3) is 0 Å². The Hall–Kier alpha value is -2.61. The molecule has 3 rings (SSSR count). The van der Waals surface area contributed by atoms with Gasteiger partial charge in [-0.3, -0.25) is 10.1 Å². The molecule has 1 heterocycles. The lowest BCUT2D eigenvalue weighted by Crippen LogP contribution is -2.33. The maximum absolute atomic E-state index is 12.0. The first-order valence-corrected chi connectivity index (χ1v) is 10.6. The summed E-state index contributed by atoms with van der Waals surface area (Å²) in [5.74, 6) is 1.15. The largest absolute Gasteiger partial charge is 0.497 e. The molecule has 0 saturated carbocycles. The number of hydrogen-bond acceptors (Lipinski definition) is 6. The van der Waals surface area contributed by atoms with Crippen LogP contribution in [0.5, 0.6) is 5.75 Å². The van der Waals surface area contributed by atoms with Crippen LogP contribution in [0.4, 0.5) is 11.4 Å².